The molecule has 1 aromatic heterocycles. The zero-order valence-electron chi connectivity index (χ0n) is 25.8. The summed E-state index contributed by atoms with van der Waals surface area (Å²) in [6.45, 7) is 4.66. The maximum atomic E-state index is 6.41. The van der Waals surface area contributed by atoms with E-state index in [9.17, 15) is 0 Å². The van der Waals surface area contributed by atoms with Gasteiger partial charge in [-0.3, -0.25) is 4.99 Å². The molecule has 46 heavy (non-hydrogen) atoms. The van der Waals surface area contributed by atoms with E-state index in [1.54, 1.807) is 0 Å². The van der Waals surface area contributed by atoms with Gasteiger partial charge in [-0.25, -0.2) is 0 Å². The van der Waals surface area contributed by atoms with Crippen molar-refractivity contribution in [1.82, 2.24) is 5.32 Å². The number of fused-ring (bicyclic) bond motifs is 6. The predicted octanol–water partition coefficient (Wildman–Crippen LogP) is 10.7. The second-order valence-corrected chi connectivity index (χ2v) is 12.8. The molecule has 6 aromatic carbocycles. The second-order valence-electron chi connectivity index (χ2n) is 12.8. The number of para-hydroxylation sites is 2. The Bertz CT molecular complexity index is 2370. The molecule has 1 N–H and O–H groups in total. The number of amidine groups is 1. The van der Waals surface area contributed by atoms with Gasteiger partial charge in [0.1, 0.15) is 17.0 Å². The Morgan fingerprint density at radius 3 is 2.20 bits per heavy atom. The highest BCUT2D eigenvalue weighted by molar-refractivity contribution is 6.10. The van der Waals surface area contributed by atoms with Crippen molar-refractivity contribution in [2.24, 2.45) is 4.99 Å². The molecule has 0 saturated carbocycles. The molecular weight excluding hydrogens is 560 g/mol. The summed E-state index contributed by atoms with van der Waals surface area (Å²) in [5.74, 6) is 0.897. The van der Waals surface area contributed by atoms with Gasteiger partial charge in [0.15, 0.2) is 0 Å². The highest BCUT2D eigenvalue weighted by Crippen LogP contribution is 2.50. The number of rotatable bonds is 4. The number of benzene rings is 6. The first-order chi connectivity index (χ1) is 22.6. The molecular formula is C43H32N2O. The first kappa shape index (κ1) is 26.7. The monoisotopic (exact) mass is 592 g/mol. The molecule has 3 heteroatoms. The summed E-state index contributed by atoms with van der Waals surface area (Å²) in [6.07, 6.45) is 2.25. The molecule has 1 atom stereocenters. The van der Waals surface area contributed by atoms with E-state index in [1.807, 2.05) is 12.1 Å². The minimum atomic E-state index is -0.151. The lowest BCUT2D eigenvalue weighted by Gasteiger charge is -2.28. The van der Waals surface area contributed by atoms with Crippen LogP contribution in [0, 0.1) is 0 Å². The molecule has 2 heterocycles. The Morgan fingerprint density at radius 1 is 0.609 bits per heavy atom. The van der Waals surface area contributed by atoms with E-state index in [1.165, 1.54) is 22.3 Å². The molecule has 1 aliphatic carbocycles. The molecule has 0 saturated heterocycles. The zero-order chi connectivity index (χ0) is 30.8. The van der Waals surface area contributed by atoms with E-state index < -0.39 is 0 Å². The van der Waals surface area contributed by atoms with Gasteiger partial charge in [0, 0.05) is 33.0 Å². The summed E-state index contributed by atoms with van der Waals surface area (Å²) in [7, 11) is 0. The van der Waals surface area contributed by atoms with Crippen LogP contribution in [0.2, 0.25) is 0 Å². The van der Waals surface area contributed by atoms with Gasteiger partial charge in [-0.05, 0) is 57.2 Å². The maximum absolute atomic E-state index is 6.41. The minimum absolute atomic E-state index is 0.127. The largest absolute Gasteiger partial charge is 0.455 e. The zero-order valence-corrected chi connectivity index (χ0v) is 25.8. The highest BCUT2D eigenvalue weighted by Gasteiger charge is 2.38. The quantitative estimate of drug-likeness (QED) is 0.221. The molecule has 2 aliphatic rings. The lowest BCUT2D eigenvalue weighted by molar-refractivity contribution is 0.658. The molecule has 1 aliphatic heterocycles. The third kappa shape index (κ3) is 4.09. The van der Waals surface area contributed by atoms with Crippen LogP contribution in [0.5, 0.6) is 0 Å². The standard InChI is InChI=1S/C43H32N2O/c1-43(2)36-23-8-6-17-31(36)33-20-12-22-35(40(33)43)42-44-37(27-13-4-3-5-14-27)26-38(45-42)29-16-10-15-28(25-29)30-19-11-21-34-32-18-7-9-24-39(32)46-41(30)34/h3-26,37H,1-2H3,(H,44,45). The number of hydrogen-bond acceptors (Lipinski definition) is 3. The number of furan rings is 1. The Balaban J connectivity index is 1.18. The summed E-state index contributed by atoms with van der Waals surface area (Å²) in [4.78, 5) is 5.36. The molecule has 0 fully saturated rings. The van der Waals surface area contributed by atoms with Crippen LogP contribution in [0.4, 0.5) is 0 Å². The molecule has 0 spiro atoms. The first-order valence-electron chi connectivity index (χ1n) is 15.9. The van der Waals surface area contributed by atoms with Crippen molar-refractivity contribution in [2.45, 2.75) is 25.3 Å². The summed E-state index contributed by atoms with van der Waals surface area (Å²) < 4.78 is 6.41. The Hall–Kier alpha value is -5.67. The fraction of sp³-hybridized carbons (Fsp3) is 0.0930. The third-order valence-electron chi connectivity index (χ3n) is 9.71. The van der Waals surface area contributed by atoms with Gasteiger partial charge in [0.2, 0.25) is 0 Å². The van der Waals surface area contributed by atoms with Crippen molar-refractivity contribution in [2.75, 3.05) is 0 Å². The third-order valence-corrected chi connectivity index (χ3v) is 9.71. The van der Waals surface area contributed by atoms with Gasteiger partial charge in [-0.2, -0.15) is 0 Å². The van der Waals surface area contributed by atoms with Crippen LogP contribution in [0.15, 0.2) is 155 Å². The molecule has 1 unspecified atom stereocenters. The van der Waals surface area contributed by atoms with Crippen LogP contribution in [0.25, 0.3) is 49.9 Å². The van der Waals surface area contributed by atoms with Crippen molar-refractivity contribution in [3.8, 4) is 22.3 Å². The Morgan fingerprint density at radius 2 is 1.28 bits per heavy atom. The summed E-state index contributed by atoms with van der Waals surface area (Å²) in [5.41, 5.74) is 13.6. The average Bonchev–Trinajstić information content (AvgIpc) is 3.61. The fourth-order valence-corrected chi connectivity index (χ4v) is 7.54. The molecule has 0 amide bonds. The average molecular weight is 593 g/mol. The van der Waals surface area contributed by atoms with E-state index in [-0.39, 0.29) is 11.5 Å². The van der Waals surface area contributed by atoms with Gasteiger partial charge in [0.25, 0.3) is 0 Å². The highest BCUT2D eigenvalue weighted by atomic mass is 16.3. The van der Waals surface area contributed by atoms with Gasteiger partial charge >= 0.3 is 0 Å². The van der Waals surface area contributed by atoms with Crippen molar-refractivity contribution >= 4 is 33.5 Å². The van der Waals surface area contributed by atoms with Crippen LogP contribution in [0.3, 0.4) is 0 Å². The number of nitrogens with one attached hydrogen (secondary N) is 1. The predicted molar refractivity (Wildman–Crippen MR) is 190 cm³/mol. The Labute approximate surface area is 268 Å². The summed E-state index contributed by atoms with van der Waals surface area (Å²) in [5, 5.41) is 6.08. The van der Waals surface area contributed by atoms with E-state index in [4.69, 9.17) is 9.41 Å². The van der Waals surface area contributed by atoms with Crippen LogP contribution in [-0.2, 0) is 5.41 Å². The first-order valence-corrected chi connectivity index (χ1v) is 15.9. The van der Waals surface area contributed by atoms with Crippen molar-refractivity contribution in [3.05, 3.63) is 173 Å². The normalized spacial score (nSPS) is 16.4. The van der Waals surface area contributed by atoms with Gasteiger partial charge < -0.3 is 9.73 Å². The molecule has 3 nitrogen and oxygen atoms in total. The minimum Gasteiger partial charge on any atom is -0.455 e. The van der Waals surface area contributed by atoms with Crippen molar-refractivity contribution in [3.63, 3.8) is 0 Å². The van der Waals surface area contributed by atoms with E-state index in [0.29, 0.717) is 0 Å². The fourth-order valence-electron chi connectivity index (χ4n) is 7.54. The van der Waals surface area contributed by atoms with Crippen LogP contribution in [0.1, 0.15) is 47.7 Å². The van der Waals surface area contributed by atoms with Crippen LogP contribution >= 0.6 is 0 Å². The van der Waals surface area contributed by atoms with Crippen LogP contribution in [-0.4, -0.2) is 5.84 Å². The summed E-state index contributed by atoms with van der Waals surface area (Å²) in [6, 6.07) is 49.3. The van der Waals surface area contributed by atoms with Gasteiger partial charge in [0.05, 0.1) is 6.04 Å². The molecule has 0 radical (unpaired) electrons. The number of hydrogen-bond donors (Lipinski definition) is 1. The molecule has 7 aromatic rings. The van der Waals surface area contributed by atoms with E-state index in [2.05, 4.69) is 153 Å². The van der Waals surface area contributed by atoms with E-state index in [0.717, 1.165) is 61.3 Å². The maximum Gasteiger partial charge on any atom is 0.143 e. The molecule has 0 bridgehead atoms. The van der Waals surface area contributed by atoms with Crippen molar-refractivity contribution in [1.29, 1.82) is 0 Å². The SMILES string of the molecule is CC1(C)c2ccccc2-c2cccc(C3=NC(c4ccccc4)C=C(c4cccc(-c5cccc6c5oc5ccccc56)c4)N3)c21. The summed E-state index contributed by atoms with van der Waals surface area (Å²) >= 11 is 0. The van der Waals surface area contributed by atoms with Crippen molar-refractivity contribution < 1.29 is 4.42 Å². The second kappa shape index (κ2) is 10.2. The number of nitrogens with zero attached hydrogens (tertiary/aromatic N) is 1. The number of aliphatic imine (C=N–C) groups is 1. The topological polar surface area (TPSA) is 37.5 Å². The molecule has 220 valence electrons. The molecule has 9 rings (SSSR count). The van der Waals surface area contributed by atoms with Crippen LogP contribution < -0.4 is 5.32 Å². The smallest absolute Gasteiger partial charge is 0.143 e. The van der Waals surface area contributed by atoms with E-state index >= 15 is 0 Å². The van der Waals surface area contributed by atoms with Gasteiger partial charge in [-0.15, -0.1) is 0 Å². The lowest BCUT2D eigenvalue weighted by atomic mass is 9.79. The lowest BCUT2D eigenvalue weighted by Crippen LogP contribution is -2.30. The van der Waals surface area contributed by atoms with Gasteiger partial charge in [-0.1, -0.05) is 141 Å². The Kier molecular flexibility index (Phi) is 5.91.